The third kappa shape index (κ3) is 5.09. The van der Waals surface area contributed by atoms with Crippen LogP contribution in [0.1, 0.15) is 16.7 Å². The number of benzene rings is 2. The molecule has 0 unspecified atom stereocenters. The van der Waals surface area contributed by atoms with Crippen molar-refractivity contribution in [2.24, 2.45) is 10.8 Å². The van der Waals surface area contributed by atoms with Crippen molar-refractivity contribution >= 4 is 34.8 Å². The molecule has 25 heavy (non-hydrogen) atoms. The van der Waals surface area contributed by atoms with Crippen molar-refractivity contribution < 1.29 is 14.3 Å². The standard InChI is InChI=1S/C17H15IN4O3/c1-24-15-7-11(9-21-22-17(20)23)6-14(18)16(15)25-10-13-5-3-2-4-12(13)8-19/h2-7,9H,10H2,1H3,(H3,20,22,23). The van der Waals surface area contributed by atoms with Gasteiger partial charge in [0.2, 0.25) is 0 Å². The van der Waals surface area contributed by atoms with Gasteiger partial charge in [-0.25, -0.2) is 10.2 Å². The molecule has 0 bridgehead atoms. The Kier molecular flexibility index (Phi) is 6.59. The Labute approximate surface area is 158 Å². The molecule has 0 saturated heterocycles. The molecule has 0 saturated carbocycles. The maximum absolute atomic E-state index is 10.6. The van der Waals surface area contributed by atoms with Gasteiger partial charge in [0.15, 0.2) is 11.5 Å². The molecule has 0 aromatic heterocycles. The van der Waals surface area contributed by atoms with E-state index in [1.165, 1.54) is 13.3 Å². The lowest BCUT2D eigenvalue weighted by atomic mass is 10.1. The fraction of sp³-hybridized carbons (Fsp3) is 0.118. The highest BCUT2D eigenvalue weighted by Crippen LogP contribution is 2.34. The number of nitrogens with zero attached hydrogens (tertiary/aromatic N) is 2. The van der Waals surface area contributed by atoms with E-state index in [0.717, 1.165) is 9.13 Å². The van der Waals surface area contributed by atoms with E-state index in [9.17, 15) is 4.79 Å². The molecule has 2 aromatic carbocycles. The van der Waals surface area contributed by atoms with Gasteiger partial charge < -0.3 is 15.2 Å². The molecule has 0 heterocycles. The zero-order valence-electron chi connectivity index (χ0n) is 13.3. The number of urea groups is 1. The number of carbonyl (C=O) groups excluding carboxylic acids is 1. The minimum atomic E-state index is -0.742. The van der Waals surface area contributed by atoms with Crippen LogP contribution in [-0.4, -0.2) is 19.4 Å². The molecule has 0 fully saturated rings. The van der Waals surface area contributed by atoms with E-state index in [-0.39, 0.29) is 6.61 Å². The second-order valence-corrected chi connectivity index (χ2v) is 5.99. The lowest BCUT2D eigenvalue weighted by Gasteiger charge is -2.14. The fourth-order valence-corrected chi connectivity index (χ4v) is 2.81. The molecule has 2 amide bonds. The van der Waals surface area contributed by atoms with Gasteiger partial charge >= 0.3 is 6.03 Å². The Morgan fingerprint density at radius 3 is 2.88 bits per heavy atom. The first-order valence-electron chi connectivity index (χ1n) is 7.12. The van der Waals surface area contributed by atoms with E-state index >= 15 is 0 Å². The number of nitrogens with two attached hydrogens (primary N) is 1. The van der Waals surface area contributed by atoms with E-state index in [1.54, 1.807) is 18.2 Å². The summed E-state index contributed by atoms with van der Waals surface area (Å²) in [6, 6.07) is 12.2. The van der Waals surface area contributed by atoms with Crippen LogP contribution in [0.2, 0.25) is 0 Å². The first kappa shape index (κ1) is 18.5. The normalized spacial score (nSPS) is 10.3. The Hall–Kier alpha value is -2.80. The smallest absolute Gasteiger partial charge is 0.332 e. The number of nitrogens with one attached hydrogen (secondary N) is 1. The summed E-state index contributed by atoms with van der Waals surface area (Å²) in [5.74, 6) is 1.08. The summed E-state index contributed by atoms with van der Waals surface area (Å²) >= 11 is 2.12. The summed E-state index contributed by atoms with van der Waals surface area (Å²) < 4.78 is 12.0. The Balaban J connectivity index is 2.22. The number of nitriles is 1. The molecular weight excluding hydrogens is 435 g/mol. The topological polar surface area (TPSA) is 110 Å². The van der Waals surface area contributed by atoms with Crippen molar-refractivity contribution in [2.45, 2.75) is 6.61 Å². The van der Waals surface area contributed by atoms with Gasteiger partial charge in [-0.1, -0.05) is 18.2 Å². The predicted octanol–water partition coefficient (Wildman–Crippen LogP) is 2.75. The zero-order chi connectivity index (χ0) is 18.2. The molecule has 7 nitrogen and oxygen atoms in total. The Morgan fingerprint density at radius 1 is 1.44 bits per heavy atom. The molecule has 2 aromatic rings. The molecular formula is C17H15IN4O3. The van der Waals surface area contributed by atoms with Gasteiger partial charge in [0, 0.05) is 5.56 Å². The summed E-state index contributed by atoms with van der Waals surface area (Å²) in [5, 5.41) is 12.9. The number of hydrogen-bond acceptors (Lipinski definition) is 5. The van der Waals surface area contributed by atoms with Crippen LogP contribution in [0.3, 0.4) is 0 Å². The summed E-state index contributed by atoms with van der Waals surface area (Å²) in [7, 11) is 1.53. The van der Waals surface area contributed by atoms with Crippen LogP contribution in [0, 0.1) is 14.9 Å². The van der Waals surface area contributed by atoms with Crippen molar-refractivity contribution in [1.29, 1.82) is 5.26 Å². The number of primary amides is 1. The van der Waals surface area contributed by atoms with Crippen molar-refractivity contribution in [2.75, 3.05) is 7.11 Å². The molecule has 0 radical (unpaired) electrons. The number of methoxy groups -OCH3 is 1. The minimum absolute atomic E-state index is 0.243. The average Bonchev–Trinajstić information content (AvgIpc) is 2.60. The van der Waals surface area contributed by atoms with E-state index in [2.05, 4.69) is 39.2 Å². The van der Waals surface area contributed by atoms with Gasteiger partial charge in [0.05, 0.1) is 28.5 Å². The Bertz CT molecular complexity index is 846. The van der Waals surface area contributed by atoms with Gasteiger partial charge in [-0.2, -0.15) is 10.4 Å². The van der Waals surface area contributed by atoms with Crippen LogP contribution >= 0.6 is 22.6 Å². The van der Waals surface area contributed by atoms with Crippen molar-refractivity contribution in [3.05, 3.63) is 56.7 Å². The van der Waals surface area contributed by atoms with Crippen LogP contribution in [0.4, 0.5) is 4.79 Å². The molecule has 128 valence electrons. The maximum atomic E-state index is 10.6. The number of hydrogen-bond donors (Lipinski definition) is 2. The molecule has 0 aliphatic heterocycles. The quantitative estimate of drug-likeness (QED) is 0.401. The molecule has 0 spiro atoms. The van der Waals surface area contributed by atoms with Crippen LogP contribution < -0.4 is 20.6 Å². The highest BCUT2D eigenvalue weighted by atomic mass is 127. The molecule has 8 heteroatoms. The zero-order valence-corrected chi connectivity index (χ0v) is 15.5. The number of amides is 2. The highest BCUT2D eigenvalue weighted by molar-refractivity contribution is 14.1. The maximum Gasteiger partial charge on any atom is 0.332 e. The largest absolute Gasteiger partial charge is 0.493 e. The molecule has 0 aliphatic rings. The number of rotatable bonds is 6. The van der Waals surface area contributed by atoms with E-state index < -0.39 is 6.03 Å². The number of halogens is 1. The summed E-state index contributed by atoms with van der Waals surface area (Å²) in [6.45, 7) is 0.243. The van der Waals surface area contributed by atoms with E-state index in [4.69, 9.17) is 20.5 Å². The van der Waals surface area contributed by atoms with Crippen molar-refractivity contribution in [1.82, 2.24) is 5.43 Å². The summed E-state index contributed by atoms with van der Waals surface area (Å²) in [6.07, 6.45) is 1.45. The summed E-state index contributed by atoms with van der Waals surface area (Å²) in [5.41, 5.74) is 9.15. The molecule has 0 atom stereocenters. The second kappa shape index (κ2) is 8.89. The van der Waals surface area contributed by atoms with E-state index in [1.807, 2.05) is 18.2 Å². The van der Waals surface area contributed by atoms with Crippen LogP contribution in [0.25, 0.3) is 0 Å². The third-order valence-electron chi connectivity index (χ3n) is 3.15. The Morgan fingerprint density at radius 2 is 2.20 bits per heavy atom. The highest BCUT2D eigenvalue weighted by Gasteiger charge is 2.12. The molecule has 2 rings (SSSR count). The SMILES string of the molecule is COc1cc(C=NNC(N)=O)cc(I)c1OCc1ccccc1C#N. The lowest BCUT2D eigenvalue weighted by molar-refractivity contribution is 0.249. The van der Waals surface area contributed by atoms with Crippen molar-refractivity contribution in [3.8, 4) is 17.6 Å². The third-order valence-corrected chi connectivity index (χ3v) is 3.95. The van der Waals surface area contributed by atoms with Gasteiger partial charge in [0.25, 0.3) is 0 Å². The molecule has 3 N–H and O–H groups in total. The van der Waals surface area contributed by atoms with E-state index in [0.29, 0.717) is 22.6 Å². The van der Waals surface area contributed by atoms with Crippen LogP contribution in [-0.2, 0) is 6.61 Å². The molecule has 0 aliphatic carbocycles. The number of ether oxygens (including phenoxy) is 2. The van der Waals surface area contributed by atoms with Gasteiger partial charge in [-0.3, -0.25) is 0 Å². The van der Waals surface area contributed by atoms with Crippen LogP contribution in [0.5, 0.6) is 11.5 Å². The minimum Gasteiger partial charge on any atom is -0.493 e. The average molecular weight is 450 g/mol. The fourth-order valence-electron chi connectivity index (χ4n) is 2.03. The van der Waals surface area contributed by atoms with Crippen LogP contribution in [0.15, 0.2) is 41.5 Å². The lowest BCUT2D eigenvalue weighted by Crippen LogP contribution is -2.24. The van der Waals surface area contributed by atoms with Gasteiger partial charge in [-0.05, 0) is 46.4 Å². The summed E-state index contributed by atoms with van der Waals surface area (Å²) in [4.78, 5) is 10.6. The predicted molar refractivity (Wildman–Crippen MR) is 102 cm³/mol. The monoisotopic (exact) mass is 450 g/mol. The number of carbonyl (C=O) groups is 1. The van der Waals surface area contributed by atoms with Crippen molar-refractivity contribution in [3.63, 3.8) is 0 Å². The first-order valence-corrected chi connectivity index (χ1v) is 8.20. The first-order chi connectivity index (χ1) is 12.0. The van der Waals surface area contributed by atoms with Gasteiger partial charge in [0.1, 0.15) is 6.61 Å². The van der Waals surface area contributed by atoms with Gasteiger partial charge in [-0.15, -0.1) is 0 Å². The second-order valence-electron chi connectivity index (χ2n) is 4.83. The number of hydrazone groups is 1.